The summed E-state index contributed by atoms with van der Waals surface area (Å²) in [6.07, 6.45) is 2.32. The van der Waals surface area contributed by atoms with E-state index in [9.17, 15) is 0 Å². The van der Waals surface area contributed by atoms with Gasteiger partial charge in [-0.25, -0.2) is 0 Å². The van der Waals surface area contributed by atoms with Crippen LogP contribution in [0.5, 0.6) is 5.75 Å². The minimum atomic E-state index is 0.887. The number of hydrogen-bond acceptors (Lipinski definition) is 1. The van der Waals surface area contributed by atoms with Crippen LogP contribution in [0.3, 0.4) is 0 Å². The van der Waals surface area contributed by atoms with Gasteiger partial charge in [-0.3, -0.25) is 0 Å². The largest absolute Gasteiger partial charge is 0.497 e. The van der Waals surface area contributed by atoms with E-state index in [0.717, 1.165) is 5.75 Å². The summed E-state index contributed by atoms with van der Waals surface area (Å²) < 4.78 is 5.32. The molecule has 0 amide bonds. The Bertz CT molecular complexity index is 1020. The van der Waals surface area contributed by atoms with Crippen LogP contribution in [-0.4, -0.2) is 7.11 Å². The van der Waals surface area contributed by atoms with E-state index >= 15 is 0 Å². The third-order valence-electron chi connectivity index (χ3n) is 4.91. The molecule has 2 aliphatic rings. The Morgan fingerprint density at radius 1 is 0.625 bits per heavy atom. The van der Waals surface area contributed by atoms with Crippen molar-refractivity contribution in [3.63, 3.8) is 0 Å². The normalized spacial score (nSPS) is 14.1. The quantitative estimate of drug-likeness (QED) is 0.605. The average molecular weight is 308 g/mol. The highest BCUT2D eigenvalue weighted by atomic mass is 16.5. The van der Waals surface area contributed by atoms with Crippen molar-refractivity contribution in [2.75, 3.05) is 7.11 Å². The lowest BCUT2D eigenvalue weighted by Crippen LogP contribution is -1.90. The van der Waals surface area contributed by atoms with Crippen molar-refractivity contribution in [1.29, 1.82) is 0 Å². The number of allylic oxidation sites excluding steroid dienone is 2. The van der Waals surface area contributed by atoms with E-state index in [-0.39, 0.29) is 0 Å². The van der Waals surface area contributed by atoms with Crippen LogP contribution in [0.15, 0.2) is 72.8 Å². The highest BCUT2D eigenvalue weighted by Crippen LogP contribution is 2.53. The first-order chi connectivity index (χ1) is 11.9. The molecule has 1 nitrogen and oxygen atoms in total. The molecule has 2 aliphatic carbocycles. The molecule has 0 heterocycles. The molecule has 3 aromatic carbocycles. The zero-order chi connectivity index (χ0) is 16.1. The summed E-state index contributed by atoms with van der Waals surface area (Å²) in [7, 11) is 1.70. The van der Waals surface area contributed by atoms with Gasteiger partial charge >= 0.3 is 0 Å². The number of fused-ring (bicyclic) bond motifs is 5. The molecule has 0 atom stereocenters. The van der Waals surface area contributed by atoms with E-state index < -0.39 is 0 Å². The third kappa shape index (κ3) is 1.75. The predicted molar refractivity (Wildman–Crippen MR) is 99.7 cm³/mol. The van der Waals surface area contributed by atoms with Crippen molar-refractivity contribution in [3.05, 3.63) is 101 Å². The van der Waals surface area contributed by atoms with Gasteiger partial charge in [-0.15, -0.1) is 0 Å². The Balaban J connectivity index is 1.82. The van der Waals surface area contributed by atoms with Gasteiger partial charge in [0.15, 0.2) is 0 Å². The van der Waals surface area contributed by atoms with Crippen molar-refractivity contribution < 1.29 is 4.74 Å². The molecular weight excluding hydrogens is 292 g/mol. The lowest BCUT2D eigenvalue weighted by molar-refractivity contribution is 0.415. The molecule has 0 saturated carbocycles. The maximum atomic E-state index is 5.32. The second-order valence-corrected chi connectivity index (χ2v) is 6.17. The summed E-state index contributed by atoms with van der Waals surface area (Å²) in [5, 5.41) is 0. The van der Waals surface area contributed by atoms with Gasteiger partial charge in [0, 0.05) is 0 Å². The third-order valence-corrected chi connectivity index (χ3v) is 4.91. The van der Waals surface area contributed by atoms with Gasteiger partial charge < -0.3 is 4.74 Å². The fourth-order valence-corrected chi connectivity index (χ4v) is 3.83. The lowest BCUT2D eigenvalue weighted by Gasteiger charge is -2.10. The first-order valence-electron chi connectivity index (χ1n) is 8.17. The van der Waals surface area contributed by atoms with Crippen LogP contribution in [0.2, 0.25) is 0 Å². The summed E-state index contributed by atoms with van der Waals surface area (Å²) in [6.45, 7) is 0. The van der Waals surface area contributed by atoms with E-state index in [4.69, 9.17) is 4.74 Å². The maximum Gasteiger partial charge on any atom is 0.118 e. The molecule has 0 aromatic heterocycles. The fourth-order valence-electron chi connectivity index (χ4n) is 3.83. The van der Waals surface area contributed by atoms with Crippen molar-refractivity contribution in [3.8, 4) is 5.75 Å². The number of methoxy groups -OCH3 is 1. The minimum absolute atomic E-state index is 0.887. The molecule has 0 fully saturated rings. The molecule has 5 rings (SSSR count). The number of hydrogen-bond donors (Lipinski definition) is 0. The SMILES string of the molecule is COc1ccc(C2=C3C(=Cc4ccccc43)c3ccccc32)cc1. The molecule has 24 heavy (non-hydrogen) atoms. The number of rotatable bonds is 2. The van der Waals surface area contributed by atoms with Gasteiger partial charge in [-0.1, -0.05) is 60.7 Å². The Morgan fingerprint density at radius 2 is 1.29 bits per heavy atom. The van der Waals surface area contributed by atoms with E-state index in [1.54, 1.807) is 7.11 Å². The van der Waals surface area contributed by atoms with Crippen LogP contribution in [0.4, 0.5) is 0 Å². The molecule has 0 radical (unpaired) electrons. The summed E-state index contributed by atoms with van der Waals surface area (Å²) in [5.41, 5.74) is 10.5. The molecule has 0 unspecified atom stereocenters. The summed E-state index contributed by atoms with van der Waals surface area (Å²) in [6, 6.07) is 25.7. The zero-order valence-corrected chi connectivity index (χ0v) is 13.4. The fraction of sp³-hybridized carbons (Fsp3) is 0.0435. The minimum Gasteiger partial charge on any atom is -0.497 e. The van der Waals surface area contributed by atoms with Crippen LogP contribution < -0.4 is 4.74 Å². The van der Waals surface area contributed by atoms with E-state index in [1.807, 2.05) is 12.1 Å². The molecule has 0 aliphatic heterocycles. The van der Waals surface area contributed by atoms with Crippen LogP contribution in [0.25, 0.3) is 22.8 Å². The molecule has 114 valence electrons. The maximum absolute atomic E-state index is 5.32. The molecule has 1 heteroatoms. The van der Waals surface area contributed by atoms with Crippen LogP contribution >= 0.6 is 0 Å². The summed E-state index contributed by atoms with van der Waals surface area (Å²) >= 11 is 0. The molecule has 0 N–H and O–H groups in total. The first kappa shape index (κ1) is 13.4. The topological polar surface area (TPSA) is 9.23 Å². The van der Waals surface area contributed by atoms with Gasteiger partial charge in [0.05, 0.1) is 7.11 Å². The Morgan fingerprint density at radius 3 is 2.04 bits per heavy atom. The van der Waals surface area contributed by atoms with Crippen molar-refractivity contribution in [1.82, 2.24) is 0 Å². The standard InChI is InChI=1S/C23H16O/c1-24-17-12-10-15(11-13-17)22-20-9-5-4-8-19(20)21-14-16-6-2-3-7-18(16)23(21)22/h2-14H,1H3. The van der Waals surface area contributed by atoms with Crippen LogP contribution in [0, 0.1) is 0 Å². The number of ether oxygens (including phenoxy) is 1. The number of benzene rings is 3. The van der Waals surface area contributed by atoms with Crippen molar-refractivity contribution in [2.24, 2.45) is 0 Å². The molecule has 0 saturated heterocycles. The second kappa shape index (κ2) is 4.97. The zero-order valence-electron chi connectivity index (χ0n) is 13.4. The highest BCUT2D eigenvalue weighted by Gasteiger charge is 2.32. The smallest absolute Gasteiger partial charge is 0.118 e. The van der Waals surface area contributed by atoms with Gasteiger partial charge in [0.25, 0.3) is 0 Å². The van der Waals surface area contributed by atoms with Gasteiger partial charge in [-0.05, 0) is 62.7 Å². The first-order valence-corrected chi connectivity index (χ1v) is 8.17. The van der Waals surface area contributed by atoms with Crippen molar-refractivity contribution >= 4 is 22.8 Å². The highest BCUT2D eigenvalue weighted by molar-refractivity contribution is 6.31. The van der Waals surface area contributed by atoms with E-state index in [0.29, 0.717) is 0 Å². The van der Waals surface area contributed by atoms with Gasteiger partial charge in [-0.2, -0.15) is 0 Å². The Labute approximate surface area is 141 Å². The molecule has 0 spiro atoms. The summed E-state index contributed by atoms with van der Waals surface area (Å²) in [5.74, 6) is 0.887. The average Bonchev–Trinajstić information content (AvgIpc) is 3.17. The van der Waals surface area contributed by atoms with E-state index in [2.05, 4.69) is 66.7 Å². The molecule has 0 bridgehead atoms. The van der Waals surface area contributed by atoms with Gasteiger partial charge in [0.1, 0.15) is 5.75 Å². The molecule has 3 aromatic rings. The second-order valence-electron chi connectivity index (χ2n) is 6.17. The predicted octanol–water partition coefficient (Wildman–Crippen LogP) is 5.52. The van der Waals surface area contributed by atoms with E-state index in [1.165, 1.54) is 44.5 Å². The Hall–Kier alpha value is -3.06. The summed E-state index contributed by atoms with van der Waals surface area (Å²) in [4.78, 5) is 0. The lowest BCUT2D eigenvalue weighted by atomic mass is 9.94. The van der Waals surface area contributed by atoms with Crippen LogP contribution in [0.1, 0.15) is 27.8 Å². The van der Waals surface area contributed by atoms with Crippen LogP contribution in [-0.2, 0) is 0 Å². The van der Waals surface area contributed by atoms with Gasteiger partial charge in [0.2, 0.25) is 0 Å². The monoisotopic (exact) mass is 308 g/mol. The Kier molecular flexibility index (Phi) is 2.77. The van der Waals surface area contributed by atoms with Crippen molar-refractivity contribution in [2.45, 2.75) is 0 Å². The molecular formula is C23H16O.